The van der Waals surface area contributed by atoms with E-state index in [0.29, 0.717) is 5.92 Å². The molecule has 0 saturated carbocycles. The molecule has 90 valence electrons. The van der Waals surface area contributed by atoms with Gasteiger partial charge in [0.1, 0.15) is 0 Å². The molecule has 0 spiro atoms. The smallest absolute Gasteiger partial charge is 0.0558 e. The third-order valence-electron chi connectivity index (χ3n) is 4.51. The van der Waals surface area contributed by atoms with Crippen LogP contribution >= 0.6 is 0 Å². The van der Waals surface area contributed by atoms with Gasteiger partial charge in [-0.3, -0.25) is 4.99 Å². The van der Waals surface area contributed by atoms with Crippen molar-refractivity contribution in [2.75, 3.05) is 0 Å². The van der Waals surface area contributed by atoms with Crippen molar-refractivity contribution in [2.45, 2.75) is 51.5 Å². The third kappa shape index (κ3) is 1.55. The van der Waals surface area contributed by atoms with Crippen molar-refractivity contribution in [3.05, 3.63) is 35.4 Å². The minimum Gasteiger partial charge on any atom is -0.287 e. The van der Waals surface area contributed by atoms with E-state index in [1.807, 2.05) is 0 Å². The van der Waals surface area contributed by atoms with E-state index in [4.69, 9.17) is 4.99 Å². The molecule has 1 unspecified atom stereocenters. The highest BCUT2D eigenvalue weighted by molar-refractivity contribution is 5.94. The average molecular weight is 227 g/mol. The maximum atomic E-state index is 4.95. The van der Waals surface area contributed by atoms with Crippen molar-refractivity contribution >= 4 is 5.71 Å². The fourth-order valence-electron chi connectivity index (χ4n) is 3.65. The Balaban J connectivity index is 2.14. The molecule has 0 radical (unpaired) electrons. The molecule has 0 amide bonds. The molecule has 0 N–H and O–H groups in total. The van der Waals surface area contributed by atoms with Gasteiger partial charge in [-0.1, -0.05) is 38.1 Å². The summed E-state index contributed by atoms with van der Waals surface area (Å²) >= 11 is 0. The van der Waals surface area contributed by atoms with Gasteiger partial charge in [-0.2, -0.15) is 0 Å². The molecule has 1 heterocycles. The van der Waals surface area contributed by atoms with Gasteiger partial charge in [0.2, 0.25) is 0 Å². The minimum atomic E-state index is 0.138. The molecule has 1 heteroatoms. The van der Waals surface area contributed by atoms with Crippen LogP contribution in [0.15, 0.2) is 29.3 Å². The highest BCUT2D eigenvalue weighted by Gasteiger charge is 2.46. The zero-order chi connectivity index (χ0) is 12.3. The lowest BCUT2D eigenvalue weighted by Crippen LogP contribution is -2.39. The van der Waals surface area contributed by atoms with Gasteiger partial charge in [0.15, 0.2) is 0 Å². The molecule has 3 rings (SSSR count). The van der Waals surface area contributed by atoms with Crippen LogP contribution in [0.4, 0.5) is 0 Å². The molecule has 1 aliphatic carbocycles. The normalized spacial score (nSPS) is 28.2. The van der Waals surface area contributed by atoms with Crippen LogP contribution in [0.2, 0.25) is 0 Å². The van der Waals surface area contributed by atoms with Crippen LogP contribution in [0, 0.1) is 5.92 Å². The summed E-state index contributed by atoms with van der Waals surface area (Å²) in [5.41, 5.74) is 4.81. The molecule has 0 fully saturated rings. The van der Waals surface area contributed by atoms with Gasteiger partial charge < -0.3 is 0 Å². The average Bonchev–Trinajstić information content (AvgIpc) is 2.54. The van der Waals surface area contributed by atoms with Gasteiger partial charge in [0.05, 0.1) is 5.54 Å². The molecule has 0 bridgehead atoms. The first kappa shape index (κ1) is 11.0. The minimum absolute atomic E-state index is 0.138. The van der Waals surface area contributed by atoms with Crippen molar-refractivity contribution in [2.24, 2.45) is 10.9 Å². The SMILES string of the molecule is CC1(C)CC2C(=N1)Cc1ccccc1C2(C)C. The van der Waals surface area contributed by atoms with E-state index in [1.165, 1.54) is 23.3 Å². The summed E-state index contributed by atoms with van der Waals surface area (Å²) in [6, 6.07) is 8.89. The molecule has 17 heavy (non-hydrogen) atoms. The van der Waals surface area contributed by atoms with Crippen LogP contribution in [-0.4, -0.2) is 11.3 Å². The number of benzene rings is 1. The largest absolute Gasteiger partial charge is 0.287 e. The van der Waals surface area contributed by atoms with Crippen molar-refractivity contribution in [3.63, 3.8) is 0 Å². The van der Waals surface area contributed by atoms with Gasteiger partial charge in [-0.15, -0.1) is 0 Å². The van der Waals surface area contributed by atoms with E-state index in [1.54, 1.807) is 0 Å². The van der Waals surface area contributed by atoms with E-state index in [2.05, 4.69) is 52.0 Å². The summed E-state index contributed by atoms with van der Waals surface area (Å²) in [5, 5.41) is 0. The Morgan fingerprint density at radius 1 is 1.12 bits per heavy atom. The lowest BCUT2D eigenvalue weighted by molar-refractivity contribution is 0.340. The van der Waals surface area contributed by atoms with Crippen molar-refractivity contribution < 1.29 is 0 Å². The Labute approximate surface area is 104 Å². The first-order valence-electron chi connectivity index (χ1n) is 6.57. The second-order valence-electron chi connectivity index (χ2n) is 6.73. The van der Waals surface area contributed by atoms with Gasteiger partial charge >= 0.3 is 0 Å². The summed E-state index contributed by atoms with van der Waals surface area (Å²) in [7, 11) is 0. The second-order valence-corrected chi connectivity index (χ2v) is 6.73. The maximum Gasteiger partial charge on any atom is 0.0558 e. The molecule has 1 nitrogen and oxygen atoms in total. The molecular weight excluding hydrogens is 206 g/mol. The molecule has 1 aromatic rings. The number of hydrogen-bond donors (Lipinski definition) is 0. The summed E-state index contributed by atoms with van der Waals surface area (Å²) in [5.74, 6) is 0.632. The van der Waals surface area contributed by atoms with Gasteiger partial charge in [0, 0.05) is 18.1 Å². The number of hydrogen-bond acceptors (Lipinski definition) is 1. The number of nitrogens with zero attached hydrogens (tertiary/aromatic N) is 1. The second kappa shape index (κ2) is 3.22. The van der Waals surface area contributed by atoms with E-state index in [0.717, 1.165) is 6.42 Å². The predicted octanol–water partition coefficient (Wildman–Crippen LogP) is 3.76. The van der Waals surface area contributed by atoms with E-state index in [9.17, 15) is 0 Å². The zero-order valence-corrected chi connectivity index (χ0v) is 11.2. The summed E-state index contributed by atoms with van der Waals surface area (Å²) in [6.45, 7) is 9.29. The first-order chi connectivity index (χ1) is 7.90. The fraction of sp³-hybridized carbons (Fsp3) is 0.562. The maximum absolute atomic E-state index is 4.95. The van der Waals surface area contributed by atoms with Crippen LogP contribution in [0.25, 0.3) is 0 Å². The Morgan fingerprint density at radius 2 is 1.82 bits per heavy atom. The summed E-state index contributed by atoms with van der Waals surface area (Å²) < 4.78 is 0. The van der Waals surface area contributed by atoms with Crippen molar-refractivity contribution in [3.8, 4) is 0 Å². The van der Waals surface area contributed by atoms with Gasteiger partial charge in [-0.05, 0) is 36.8 Å². The van der Waals surface area contributed by atoms with Crippen LogP contribution in [-0.2, 0) is 11.8 Å². The molecule has 0 aromatic heterocycles. The van der Waals surface area contributed by atoms with E-state index >= 15 is 0 Å². The highest BCUT2D eigenvalue weighted by atomic mass is 14.9. The first-order valence-corrected chi connectivity index (χ1v) is 6.57. The number of rotatable bonds is 0. The molecular formula is C16H21N. The molecule has 1 atom stereocenters. The van der Waals surface area contributed by atoms with Crippen LogP contribution in [0.3, 0.4) is 0 Å². The molecule has 2 aliphatic rings. The van der Waals surface area contributed by atoms with Gasteiger partial charge in [0.25, 0.3) is 0 Å². The monoisotopic (exact) mass is 227 g/mol. The molecule has 1 aromatic carbocycles. The van der Waals surface area contributed by atoms with Crippen LogP contribution in [0.1, 0.15) is 45.2 Å². The topological polar surface area (TPSA) is 12.4 Å². The zero-order valence-electron chi connectivity index (χ0n) is 11.2. The van der Waals surface area contributed by atoms with Crippen LogP contribution < -0.4 is 0 Å². The van der Waals surface area contributed by atoms with E-state index in [-0.39, 0.29) is 11.0 Å². The Hall–Kier alpha value is -1.11. The molecule has 0 saturated heterocycles. The lowest BCUT2D eigenvalue weighted by Gasteiger charge is -2.39. The number of fused-ring (bicyclic) bond motifs is 2. The molecule has 1 aliphatic heterocycles. The lowest BCUT2D eigenvalue weighted by atomic mass is 9.63. The predicted molar refractivity (Wildman–Crippen MR) is 72.8 cm³/mol. The van der Waals surface area contributed by atoms with Crippen LogP contribution in [0.5, 0.6) is 0 Å². The Bertz CT molecular complexity index is 494. The highest BCUT2D eigenvalue weighted by Crippen LogP contribution is 2.47. The van der Waals surface area contributed by atoms with Gasteiger partial charge in [-0.25, -0.2) is 0 Å². The fourth-order valence-corrected chi connectivity index (χ4v) is 3.65. The standard InChI is InChI=1S/C16H21N/c1-15(2)10-13-14(17-15)9-11-7-5-6-8-12(11)16(13,3)4/h5-8,13H,9-10H2,1-4H3. The quantitative estimate of drug-likeness (QED) is 0.640. The number of aliphatic imine (C=N–C) groups is 1. The third-order valence-corrected chi connectivity index (χ3v) is 4.51. The summed E-state index contributed by atoms with van der Waals surface area (Å²) in [6.07, 6.45) is 2.26. The Morgan fingerprint density at radius 3 is 2.59 bits per heavy atom. The summed E-state index contributed by atoms with van der Waals surface area (Å²) in [4.78, 5) is 4.95. The van der Waals surface area contributed by atoms with Crippen molar-refractivity contribution in [1.82, 2.24) is 0 Å². The van der Waals surface area contributed by atoms with Crippen molar-refractivity contribution in [1.29, 1.82) is 0 Å². The van der Waals surface area contributed by atoms with E-state index < -0.39 is 0 Å². The Kier molecular flexibility index (Phi) is 2.08.